The van der Waals surface area contributed by atoms with Crippen molar-refractivity contribution in [2.24, 2.45) is 5.92 Å². The van der Waals surface area contributed by atoms with Crippen molar-refractivity contribution in [3.8, 4) is 17.1 Å². The first-order valence-electron chi connectivity index (χ1n) is 12.9. The van der Waals surface area contributed by atoms with Crippen LogP contribution in [0.2, 0.25) is 0 Å². The summed E-state index contributed by atoms with van der Waals surface area (Å²) in [5.41, 5.74) is 8.69. The van der Waals surface area contributed by atoms with E-state index in [1.54, 1.807) is 29.3 Å². The lowest BCUT2D eigenvalue weighted by Gasteiger charge is -2.36. The number of imidazole rings is 1. The summed E-state index contributed by atoms with van der Waals surface area (Å²) in [5, 5.41) is 6.96. The van der Waals surface area contributed by atoms with Gasteiger partial charge in [-0.2, -0.15) is 5.10 Å². The molecule has 6 rings (SSSR count). The fraction of sp³-hybridized carbons (Fsp3) is 0.385. The van der Waals surface area contributed by atoms with E-state index in [1.165, 1.54) is 24.5 Å². The van der Waals surface area contributed by atoms with E-state index >= 15 is 0 Å². The molecule has 0 spiro atoms. The number of nitrogens with zero attached hydrogens (tertiary/aromatic N) is 7. The number of fused-ring (bicyclic) bond motifs is 1. The summed E-state index contributed by atoms with van der Waals surface area (Å²) in [5.74, 6) is -4.60. The van der Waals surface area contributed by atoms with Gasteiger partial charge in [0.25, 0.3) is 5.91 Å². The van der Waals surface area contributed by atoms with Crippen LogP contribution in [0.3, 0.4) is 0 Å². The van der Waals surface area contributed by atoms with Crippen LogP contribution in [0, 0.1) is 5.92 Å². The van der Waals surface area contributed by atoms with Crippen molar-refractivity contribution in [2.45, 2.75) is 37.5 Å². The summed E-state index contributed by atoms with van der Waals surface area (Å²) in [4.78, 5) is 39.6. The molecule has 2 fully saturated rings. The summed E-state index contributed by atoms with van der Waals surface area (Å²) in [6, 6.07) is 2.38. The van der Waals surface area contributed by atoms with E-state index in [4.69, 9.17) is 10.5 Å². The summed E-state index contributed by atoms with van der Waals surface area (Å²) in [6.07, 6.45) is 5.31. The Bertz CT molecular complexity index is 1620. The number of carbonyl (C=O) groups excluding carboxylic acids is 2. The highest BCUT2D eigenvalue weighted by Crippen LogP contribution is 2.43. The molecule has 1 saturated carbocycles. The van der Waals surface area contributed by atoms with Crippen molar-refractivity contribution in [3.05, 3.63) is 54.5 Å². The molecule has 1 aliphatic carbocycles. The van der Waals surface area contributed by atoms with E-state index in [0.717, 1.165) is 5.56 Å². The Morgan fingerprint density at radius 3 is 2.73 bits per heavy atom. The number of rotatable bonds is 7. The molecule has 15 heteroatoms. The Morgan fingerprint density at radius 1 is 1.22 bits per heavy atom. The second kappa shape index (κ2) is 10.1. The number of aromatic nitrogens is 6. The maximum atomic E-state index is 14.9. The van der Waals surface area contributed by atoms with Crippen molar-refractivity contribution in [3.63, 3.8) is 0 Å². The number of amides is 2. The van der Waals surface area contributed by atoms with Crippen molar-refractivity contribution >= 4 is 23.1 Å². The fourth-order valence-corrected chi connectivity index (χ4v) is 5.39. The molecular formula is C26H26F3N9O3. The Hall–Kier alpha value is -4.69. The Labute approximate surface area is 231 Å². The van der Waals surface area contributed by atoms with E-state index in [1.807, 2.05) is 10.6 Å². The van der Waals surface area contributed by atoms with Crippen molar-refractivity contribution in [1.29, 1.82) is 0 Å². The molecule has 1 aliphatic heterocycles. The molecule has 2 amide bonds. The quantitative estimate of drug-likeness (QED) is 0.344. The minimum absolute atomic E-state index is 0.0120. The van der Waals surface area contributed by atoms with Crippen molar-refractivity contribution in [2.75, 3.05) is 25.9 Å². The molecule has 4 aromatic heterocycles. The number of anilines is 1. The third-order valence-electron chi connectivity index (χ3n) is 7.47. The summed E-state index contributed by atoms with van der Waals surface area (Å²) in [6.45, 7) is 0.0317. The number of hydrogen-bond donors (Lipinski definition) is 2. The smallest absolute Gasteiger partial charge is 0.257 e. The van der Waals surface area contributed by atoms with Crippen molar-refractivity contribution < 1.29 is 27.5 Å². The Kier molecular flexibility index (Phi) is 6.50. The lowest BCUT2D eigenvalue weighted by atomic mass is 9.80. The SMILES string of the molecule is COc1ncc(-c2cc(Cn3ccnc3)c3c(N)ncnn23)cc1C(=O)NC1CN(C(=O)C2CC(F)(F)C2)C[C@@H]1F. The molecule has 5 heterocycles. The molecule has 0 radical (unpaired) electrons. The van der Waals surface area contributed by atoms with Gasteiger partial charge in [-0.1, -0.05) is 0 Å². The molecule has 1 saturated heterocycles. The van der Waals surface area contributed by atoms with Crippen LogP contribution in [0.25, 0.3) is 16.8 Å². The molecule has 3 N–H and O–H groups in total. The van der Waals surface area contributed by atoms with Crippen LogP contribution in [0.4, 0.5) is 19.0 Å². The molecule has 41 heavy (non-hydrogen) atoms. The van der Waals surface area contributed by atoms with Crippen LogP contribution in [0.15, 0.2) is 43.4 Å². The van der Waals surface area contributed by atoms with Gasteiger partial charge in [0.15, 0.2) is 5.82 Å². The van der Waals surface area contributed by atoms with Gasteiger partial charge < -0.3 is 25.3 Å². The zero-order chi connectivity index (χ0) is 28.9. The van der Waals surface area contributed by atoms with Crippen LogP contribution in [-0.4, -0.2) is 84.2 Å². The van der Waals surface area contributed by atoms with Gasteiger partial charge in [0, 0.05) is 55.0 Å². The van der Waals surface area contributed by atoms with E-state index < -0.39 is 48.7 Å². The number of nitrogens with one attached hydrogen (secondary N) is 1. The van der Waals surface area contributed by atoms with Gasteiger partial charge >= 0.3 is 0 Å². The minimum Gasteiger partial charge on any atom is -0.480 e. The zero-order valence-electron chi connectivity index (χ0n) is 21.9. The molecular weight excluding hydrogens is 543 g/mol. The Balaban J connectivity index is 1.26. The lowest BCUT2D eigenvalue weighted by Crippen LogP contribution is -2.47. The molecule has 12 nitrogen and oxygen atoms in total. The number of carbonyl (C=O) groups is 2. The molecule has 2 atom stereocenters. The van der Waals surface area contributed by atoms with Gasteiger partial charge in [0.05, 0.1) is 38.3 Å². The standard InChI is InChI=1S/C26H26F3N9O3/c1-41-24-17(23(39)35-19-11-37(10-18(19)27)25(40)16-6-26(28,29)7-16)4-14(8-32-24)20-5-15(9-36-3-2-31-13-36)21-22(30)33-12-34-38(20)21/h2-5,8,12-13,16,18-19H,6-7,9-11H2,1H3,(H,35,39)(H2,30,33,34)/t18-,19?/m0/s1. The highest BCUT2D eigenvalue weighted by molar-refractivity contribution is 5.98. The van der Waals surface area contributed by atoms with Crippen LogP contribution < -0.4 is 15.8 Å². The average molecular weight is 570 g/mol. The normalized spacial score (nSPS) is 20.2. The van der Waals surface area contributed by atoms with Crippen LogP contribution in [-0.2, 0) is 11.3 Å². The van der Waals surface area contributed by atoms with Gasteiger partial charge in [0.2, 0.25) is 17.7 Å². The number of nitrogens with two attached hydrogens (primary N) is 1. The van der Waals surface area contributed by atoms with E-state index in [9.17, 15) is 22.8 Å². The molecule has 214 valence electrons. The molecule has 0 aromatic carbocycles. The number of pyridine rings is 1. The molecule has 4 aromatic rings. The van der Waals surface area contributed by atoms with E-state index in [-0.39, 0.29) is 30.4 Å². The zero-order valence-corrected chi connectivity index (χ0v) is 21.9. The average Bonchev–Trinajstić information content (AvgIpc) is 3.67. The number of hydrogen-bond acceptors (Lipinski definition) is 8. The van der Waals surface area contributed by atoms with Crippen LogP contribution >= 0.6 is 0 Å². The topological polar surface area (TPSA) is 146 Å². The number of methoxy groups -OCH3 is 1. The van der Waals surface area contributed by atoms with Gasteiger partial charge in [0.1, 0.15) is 23.6 Å². The number of halogens is 3. The number of likely N-dealkylation sites (tertiary alicyclic amines) is 1. The summed E-state index contributed by atoms with van der Waals surface area (Å²) < 4.78 is 50.1. The predicted molar refractivity (Wildman–Crippen MR) is 139 cm³/mol. The number of alkyl halides is 3. The van der Waals surface area contributed by atoms with Crippen LogP contribution in [0.1, 0.15) is 28.8 Å². The largest absolute Gasteiger partial charge is 0.480 e. The first kappa shape index (κ1) is 26.5. The molecule has 0 bridgehead atoms. The maximum Gasteiger partial charge on any atom is 0.257 e. The molecule has 1 unspecified atom stereocenters. The summed E-state index contributed by atoms with van der Waals surface area (Å²) in [7, 11) is 1.35. The predicted octanol–water partition coefficient (Wildman–Crippen LogP) is 1.95. The summed E-state index contributed by atoms with van der Waals surface area (Å²) >= 11 is 0. The second-order valence-electron chi connectivity index (χ2n) is 10.3. The molecule has 2 aliphatic rings. The maximum absolute atomic E-state index is 14.9. The fourth-order valence-electron chi connectivity index (χ4n) is 5.39. The van der Waals surface area contributed by atoms with E-state index in [0.29, 0.717) is 23.3 Å². The Morgan fingerprint density at radius 2 is 2.02 bits per heavy atom. The second-order valence-corrected chi connectivity index (χ2v) is 10.3. The van der Waals surface area contributed by atoms with Crippen molar-refractivity contribution in [1.82, 2.24) is 39.3 Å². The van der Waals surface area contributed by atoms with Gasteiger partial charge in [-0.3, -0.25) is 9.59 Å². The van der Waals surface area contributed by atoms with E-state index in [2.05, 4.69) is 25.4 Å². The first-order chi connectivity index (χ1) is 19.6. The third-order valence-corrected chi connectivity index (χ3v) is 7.47. The van der Waals surface area contributed by atoms with Gasteiger partial charge in [-0.05, 0) is 12.1 Å². The third kappa shape index (κ3) is 4.91. The number of ether oxygens (including phenoxy) is 1. The minimum atomic E-state index is -2.86. The highest BCUT2D eigenvalue weighted by atomic mass is 19.3. The van der Waals surface area contributed by atoms with Gasteiger partial charge in [-0.15, -0.1) is 0 Å². The monoisotopic (exact) mass is 569 g/mol. The lowest BCUT2D eigenvalue weighted by molar-refractivity contribution is -0.159. The first-order valence-corrected chi connectivity index (χ1v) is 12.9. The number of nitrogen functional groups attached to an aromatic ring is 1. The highest BCUT2D eigenvalue weighted by Gasteiger charge is 2.51. The van der Waals surface area contributed by atoms with Crippen LogP contribution in [0.5, 0.6) is 5.88 Å². The van der Waals surface area contributed by atoms with Gasteiger partial charge in [-0.25, -0.2) is 32.6 Å².